The molecule has 0 N–H and O–H groups in total. The van der Waals surface area contributed by atoms with Gasteiger partial charge in [-0.25, -0.2) is 4.98 Å². The van der Waals surface area contributed by atoms with Crippen LogP contribution >= 0.6 is 0 Å². The fourth-order valence-corrected chi connectivity index (χ4v) is 6.91. The van der Waals surface area contributed by atoms with Gasteiger partial charge in [0.1, 0.15) is 17.6 Å². The Labute approximate surface area is 223 Å². The van der Waals surface area contributed by atoms with Gasteiger partial charge in [-0.1, -0.05) is 11.6 Å². The van der Waals surface area contributed by atoms with E-state index in [9.17, 15) is 4.79 Å². The normalized spacial score (nSPS) is 26.6. The summed E-state index contributed by atoms with van der Waals surface area (Å²) in [6.45, 7) is 3.20. The smallest absolute Gasteiger partial charge is 0.217 e. The summed E-state index contributed by atoms with van der Waals surface area (Å²) in [5, 5.41) is 9.31. The number of hydrogen-bond acceptors (Lipinski definition) is 8. The molecule has 0 radical (unpaired) electrons. The molecule has 2 saturated carbocycles. The Morgan fingerprint density at radius 1 is 1.08 bits per heavy atom. The zero-order valence-corrected chi connectivity index (χ0v) is 22.4. The lowest BCUT2D eigenvalue weighted by Gasteiger charge is -2.36. The van der Waals surface area contributed by atoms with Crippen molar-refractivity contribution in [1.29, 1.82) is 0 Å². The second-order valence-electron chi connectivity index (χ2n) is 11.7. The van der Waals surface area contributed by atoms with Crippen molar-refractivity contribution < 1.29 is 14.1 Å². The summed E-state index contributed by atoms with van der Waals surface area (Å²) in [5.74, 6) is 2.05. The van der Waals surface area contributed by atoms with Gasteiger partial charge in [-0.15, -0.1) is 0 Å². The summed E-state index contributed by atoms with van der Waals surface area (Å²) in [4.78, 5) is 25.3. The standard InChI is InChI=1S/C29H36N6O3/c1-18(23-8-6-15-34(23)2)37-25-17-22(21-12-16-35(32-21)19-10-11-19)30-28(31-25)26-20-7-5-14-29(27(20)38-33-26)13-4-3-9-24(29)36/h12,16-19,23H,3-11,13-15H2,1-2H3/t18-,23-,29+/m0/s1. The fraction of sp³-hybridized carbons (Fsp3) is 0.621. The minimum absolute atomic E-state index is 0.0172. The number of hydrogen-bond donors (Lipinski definition) is 0. The van der Waals surface area contributed by atoms with Crippen LogP contribution in [0.3, 0.4) is 0 Å². The number of likely N-dealkylation sites (N-methyl/N-ethyl adjacent to an activating group) is 1. The Balaban J connectivity index is 1.29. The van der Waals surface area contributed by atoms with Gasteiger partial charge < -0.3 is 9.26 Å². The Bertz CT molecular complexity index is 1360. The molecule has 0 amide bonds. The molecule has 3 aromatic heterocycles. The third-order valence-electron chi connectivity index (χ3n) is 9.18. The average molecular weight is 517 g/mol. The van der Waals surface area contributed by atoms with Crippen LogP contribution in [-0.4, -0.2) is 61.3 Å². The molecule has 3 fully saturated rings. The molecule has 1 spiro atoms. The van der Waals surface area contributed by atoms with Gasteiger partial charge in [0.25, 0.3) is 0 Å². The highest BCUT2D eigenvalue weighted by atomic mass is 16.5. The molecule has 1 saturated heterocycles. The predicted molar refractivity (Wildman–Crippen MR) is 141 cm³/mol. The molecule has 7 rings (SSSR count). The van der Waals surface area contributed by atoms with Gasteiger partial charge in [0, 0.05) is 30.3 Å². The Morgan fingerprint density at radius 2 is 1.95 bits per heavy atom. The molecule has 9 heteroatoms. The number of nitrogens with zero attached hydrogens (tertiary/aromatic N) is 6. The van der Waals surface area contributed by atoms with Gasteiger partial charge in [0.2, 0.25) is 5.88 Å². The molecule has 4 aliphatic rings. The molecule has 0 unspecified atom stereocenters. The summed E-state index contributed by atoms with van der Waals surface area (Å²) in [7, 11) is 2.16. The van der Waals surface area contributed by atoms with E-state index in [1.54, 1.807) is 0 Å². The van der Waals surface area contributed by atoms with E-state index in [1.165, 1.54) is 19.3 Å². The van der Waals surface area contributed by atoms with Crippen molar-refractivity contribution in [2.45, 2.75) is 101 Å². The third kappa shape index (κ3) is 4.06. The van der Waals surface area contributed by atoms with Crippen molar-refractivity contribution in [1.82, 2.24) is 29.8 Å². The van der Waals surface area contributed by atoms with E-state index in [-0.39, 0.29) is 6.10 Å². The van der Waals surface area contributed by atoms with E-state index in [2.05, 4.69) is 24.0 Å². The molecular weight excluding hydrogens is 480 g/mol. The second kappa shape index (κ2) is 9.29. The maximum absolute atomic E-state index is 13.2. The lowest BCUT2D eigenvalue weighted by Crippen LogP contribution is -2.41. The first-order chi connectivity index (χ1) is 18.5. The van der Waals surface area contributed by atoms with Crippen molar-refractivity contribution in [3.63, 3.8) is 0 Å². The molecule has 3 aromatic rings. The van der Waals surface area contributed by atoms with Crippen LogP contribution in [0.1, 0.15) is 88.5 Å². The van der Waals surface area contributed by atoms with Crippen LogP contribution in [0.4, 0.5) is 0 Å². The number of ether oxygens (including phenoxy) is 1. The summed E-state index contributed by atoms with van der Waals surface area (Å²) in [6, 6.07) is 4.75. The van der Waals surface area contributed by atoms with Crippen molar-refractivity contribution in [2.24, 2.45) is 0 Å². The Morgan fingerprint density at radius 3 is 2.74 bits per heavy atom. The van der Waals surface area contributed by atoms with Crippen LogP contribution in [0.5, 0.6) is 5.88 Å². The maximum atomic E-state index is 13.2. The topological polar surface area (TPSA) is 99.2 Å². The molecule has 38 heavy (non-hydrogen) atoms. The minimum atomic E-state index is -0.529. The lowest BCUT2D eigenvalue weighted by atomic mass is 9.64. The Hall–Kier alpha value is -3.07. The molecule has 9 nitrogen and oxygen atoms in total. The van der Waals surface area contributed by atoms with E-state index in [0.29, 0.717) is 47.4 Å². The lowest BCUT2D eigenvalue weighted by molar-refractivity contribution is -0.128. The quantitative estimate of drug-likeness (QED) is 0.456. The van der Waals surface area contributed by atoms with E-state index < -0.39 is 5.41 Å². The predicted octanol–water partition coefficient (Wildman–Crippen LogP) is 4.91. The average Bonchev–Trinajstić information content (AvgIpc) is 3.28. The van der Waals surface area contributed by atoms with Gasteiger partial charge in [-0.2, -0.15) is 10.1 Å². The highest BCUT2D eigenvalue weighted by Gasteiger charge is 2.48. The molecule has 3 aliphatic carbocycles. The van der Waals surface area contributed by atoms with Crippen molar-refractivity contribution in [2.75, 3.05) is 13.6 Å². The third-order valence-corrected chi connectivity index (χ3v) is 9.18. The minimum Gasteiger partial charge on any atom is -0.473 e. The number of ketones is 1. The van der Waals surface area contributed by atoms with Crippen molar-refractivity contribution in [3.05, 3.63) is 29.7 Å². The maximum Gasteiger partial charge on any atom is 0.217 e. The van der Waals surface area contributed by atoms with Crippen LogP contribution in [0.2, 0.25) is 0 Å². The number of likely N-dealkylation sites (tertiary alicyclic amines) is 1. The van der Waals surface area contributed by atoms with Crippen LogP contribution in [0, 0.1) is 0 Å². The van der Waals surface area contributed by atoms with Crippen molar-refractivity contribution >= 4 is 5.78 Å². The number of carbonyl (C=O) groups excluding carboxylic acids is 1. The van der Waals surface area contributed by atoms with E-state index in [1.807, 2.05) is 23.0 Å². The summed E-state index contributed by atoms with van der Waals surface area (Å²) < 4.78 is 14.5. The Kier molecular flexibility index (Phi) is 5.87. The molecule has 0 aromatic carbocycles. The van der Waals surface area contributed by atoms with Crippen LogP contribution in [-0.2, 0) is 16.6 Å². The van der Waals surface area contributed by atoms with Gasteiger partial charge in [-0.3, -0.25) is 14.4 Å². The van der Waals surface area contributed by atoms with Crippen LogP contribution in [0.15, 0.2) is 22.9 Å². The van der Waals surface area contributed by atoms with Crippen LogP contribution < -0.4 is 4.74 Å². The largest absolute Gasteiger partial charge is 0.473 e. The first kappa shape index (κ1) is 24.0. The zero-order valence-electron chi connectivity index (χ0n) is 22.4. The fourth-order valence-electron chi connectivity index (χ4n) is 6.91. The molecule has 200 valence electrons. The highest BCUT2D eigenvalue weighted by molar-refractivity contribution is 5.91. The second-order valence-corrected chi connectivity index (χ2v) is 11.7. The SMILES string of the molecule is C[C@H](Oc1cc(-c2ccn(C3CC3)n2)nc(-c2noc3c2CCC[C@@]32CCCCC2=O)n1)[C@@H]1CCCN1C. The number of carbonyl (C=O) groups is 1. The molecule has 0 bridgehead atoms. The summed E-state index contributed by atoms with van der Waals surface area (Å²) in [5.41, 5.74) is 2.61. The first-order valence-electron chi connectivity index (χ1n) is 14.4. The van der Waals surface area contributed by atoms with E-state index in [0.717, 1.165) is 68.5 Å². The zero-order chi connectivity index (χ0) is 25.9. The van der Waals surface area contributed by atoms with Gasteiger partial charge in [0.05, 0.1) is 17.2 Å². The molecule has 3 atom stereocenters. The summed E-state index contributed by atoms with van der Waals surface area (Å²) in [6.07, 6.45) is 12.7. The molecule has 1 aliphatic heterocycles. The van der Waals surface area contributed by atoms with Crippen LogP contribution in [0.25, 0.3) is 22.9 Å². The van der Waals surface area contributed by atoms with Gasteiger partial charge in [0.15, 0.2) is 17.3 Å². The number of aromatic nitrogens is 5. The molecule has 4 heterocycles. The highest BCUT2D eigenvalue weighted by Crippen LogP contribution is 2.47. The number of fused-ring (bicyclic) bond motifs is 2. The van der Waals surface area contributed by atoms with Gasteiger partial charge in [-0.05, 0) is 84.4 Å². The number of Topliss-reactive ketones (excluding diaryl/α,β-unsaturated/α-hetero) is 1. The monoisotopic (exact) mass is 516 g/mol. The van der Waals surface area contributed by atoms with E-state index >= 15 is 0 Å². The van der Waals surface area contributed by atoms with Gasteiger partial charge >= 0.3 is 0 Å². The van der Waals surface area contributed by atoms with Crippen molar-refractivity contribution in [3.8, 4) is 28.8 Å². The van der Waals surface area contributed by atoms with E-state index in [4.69, 9.17) is 24.3 Å². The number of rotatable bonds is 6. The molecular formula is C29H36N6O3. The first-order valence-corrected chi connectivity index (χ1v) is 14.4. The summed E-state index contributed by atoms with van der Waals surface area (Å²) >= 11 is 0.